The topological polar surface area (TPSA) is 167 Å². The van der Waals surface area contributed by atoms with Crippen molar-refractivity contribution in [1.29, 1.82) is 0 Å². The summed E-state index contributed by atoms with van der Waals surface area (Å²) in [7, 11) is -2.10. The molecule has 9 atom stereocenters. The Bertz CT molecular complexity index is 998. The van der Waals surface area contributed by atoms with E-state index in [4.69, 9.17) is 47.4 Å². The second-order valence-electron chi connectivity index (χ2n) is 14.1. The van der Waals surface area contributed by atoms with Crippen LogP contribution in [-0.2, 0) is 56.9 Å². The highest BCUT2D eigenvalue weighted by Gasteiger charge is 2.55. The van der Waals surface area contributed by atoms with E-state index in [1.165, 1.54) is 0 Å². The first kappa shape index (κ1) is 38.2. The standard InChI is InChI=1S/C30H54O14Si/c1-12-20(32)38-25-22(34)17(14-31)37-27(26(25)39-21(33)13-2)44-35-15-18-23(42-29(6,7)40-18)24-19(41-30(8,9)43-24)16-36-45(10,11)28(3,4)5/h17-19,22-27,31,34H,12-16H2,1-11H3/t17-,18-,19-,22-,23-,24-,25+,26+,27+/m1/s1. The molecule has 0 bridgehead atoms. The number of aliphatic hydroxyl groups is 2. The minimum Gasteiger partial charge on any atom is -0.455 e. The summed E-state index contributed by atoms with van der Waals surface area (Å²) >= 11 is 0. The predicted octanol–water partition coefficient (Wildman–Crippen LogP) is 2.72. The van der Waals surface area contributed by atoms with Crippen LogP contribution in [0.25, 0.3) is 0 Å². The predicted molar refractivity (Wildman–Crippen MR) is 160 cm³/mol. The van der Waals surface area contributed by atoms with Gasteiger partial charge >= 0.3 is 11.9 Å². The van der Waals surface area contributed by atoms with E-state index in [0.29, 0.717) is 6.61 Å². The number of esters is 2. The number of carbonyl (C=O) groups is 2. The van der Waals surface area contributed by atoms with Gasteiger partial charge in [-0.1, -0.05) is 34.6 Å². The molecule has 0 spiro atoms. The van der Waals surface area contributed by atoms with Crippen molar-refractivity contribution in [3.05, 3.63) is 0 Å². The van der Waals surface area contributed by atoms with E-state index in [-0.39, 0.29) is 24.5 Å². The molecule has 3 saturated heterocycles. The number of hydrogen-bond acceptors (Lipinski definition) is 14. The first-order valence-corrected chi connectivity index (χ1v) is 18.6. The maximum Gasteiger partial charge on any atom is 0.306 e. The van der Waals surface area contributed by atoms with Crippen LogP contribution >= 0.6 is 0 Å². The van der Waals surface area contributed by atoms with E-state index in [1.807, 2.05) is 13.8 Å². The smallest absolute Gasteiger partial charge is 0.306 e. The van der Waals surface area contributed by atoms with Crippen LogP contribution in [0.5, 0.6) is 0 Å². The third-order valence-corrected chi connectivity index (χ3v) is 13.0. The average molecular weight is 667 g/mol. The molecule has 3 fully saturated rings. The van der Waals surface area contributed by atoms with Gasteiger partial charge in [-0.05, 0) is 45.8 Å². The summed E-state index contributed by atoms with van der Waals surface area (Å²) in [5.74, 6) is -3.19. The maximum absolute atomic E-state index is 12.3. The Morgan fingerprint density at radius 2 is 1.29 bits per heavy atom. The van der Waals surface area contributed by atoms with Gasteiger partial charge in [-0.3, -0.25) is 9.59 Å². The summed E-state index contributed by atoms with van der Waals surface area (Å²) in [5.41, 5.74) is 0. The molecule has 15 heteroatoms. The number of hydrogen-bond donors (Lipinski definition) is 2. The second-order valence-corrected chi connectivity index (χ2v) is 18.9. The van der Waals surface area contributed by atoms with Crippen LogP contribution in [0.15, 0.2) is 0 Å². The number of rotatable bonds is 13. The SMILES string of the molecule is CCC(=O)O[C@@H]1[C@H](OOC[C@H]2OC(C)(C)O[C@H]2[C@@H]2OC(C)(C)O[C@@H]2CO[Si](C)(C)C(C)(C)C)O[C@H](CO)[C@@H](O)[C@@H]1OC(=O)CC. The number of carbonyl (C=O) groups excluding carboxylic acids is 2. The van der Waals surface area contributed by atoms with Crippen molar-refractivity contribution >= 4 is 20.3 Å². The Morgan fingerprint density at radius 3 is 1.76 bits per heavy atom. The highest BCUT2D eigenvalue weighted by Crippen LogP contribution is 2.41. The van der Waals surface area contributed by atoms with E-state index in [9.17, 15) is 19.8 Å². The van der Waals surface area contributed by atoms with Crippen LogP contribution in [0.2, 0.25) is 18.1 Å². The zero-order valence-corrected chi connectivity index (χ0v) is 29.5. The van der Waals surface area contributed by atoms with Gasteiger partial charge in [0.25, 0.3) is 0 Å². The van der Waals surface area contributed by atoms with Gasteiger partial charge in [0, 0.05) is 12.8 Å². The lowest BCUT2D eigenvalue weighted by molar-refractivity contribution is -0.429. The molecule has 0 aromatic heterocycles. The largest absolute Gasteiger partial charge is 0.455 e. The minimum atomic E-state index is -2.10. The van der Waals surface area contributed by atoms with Crippen molar-refractivity contribution in [2.24, 2.45) is 0 Å². The molecule has 45 heavy (non-hydrogen) atoms. The molecule has 3 rings (SSSR count). The molecule has 14 nitrogen and oxygen atoms in total. The van der Waals surface area contributed by atoms with Gasteiger partial charge in [-0.25, -0.2) is 9.78 Å². The monoisotopic (exact) mass is 666 g/mol. The molecular weight excluding hydrogens is 612 g/mol. The molecule has 262 valence electrons. The third kappa shape index (κ3) is 9.66. The van der Waals surface area contributed by atoms with Crippen LogP contribution in [0.1, 0.15) is 75.2 Å². The number of aliphatic hydroxyl groups excluding tert-OH is 2. The fraction of sp³-hybridized carbons (Fsp3) is 0.933. The molecule has 2 N–H and O–H groups in total. The van der Waals surface area contributed by atoms with Gasteiger partial charge in [0.15, 0.2) is 32.1 Å². The molecule has 0 aromatic rings. The Labute approximate surface area is 267 Å². The lowest BCUT2D eigenvalue weighted by Crippen LogP contribution is -2.61. The van der Waals surface area contributed by atoms with Crippen molar-refractivity contribution in [3.8, 4) is 0 Å². The van der Waals surface area contributed by atoms with E-state index >= 15 is 0 Å². The summed E-state index contributed by atoms with van der Waals surface area (Å²) in [6.07, 6.45) is -9.30. The molecule has 3 heterocycles. The fourth-order valence-electron chi connectivity index (χ4n) is 5.07. The Hall–Kier alpha value is -1.24. The molecular formula is C30H54O14Si. The Kier molecular flexibility index (Phi) is 12.6. The van der Waals surface area contributed by atoms with Crippen molar-refractivity contribution in [1.82, 2.24) is 0 Å². The summed E-state index contributed by atoms with van der Waals surface area (Å²) in [4.78, 5) is 35.6. The van der Waals surface area contributed by atoms with E-state index in [0.717, 1.165) is 0 Å². The molecule has 0 aliphatic carbocycles. The zero-order valence-electron chi connectivity index (χ0n) is 28.5. The summed E-state index contributed by atoms with van der Waals surface area (Å²) in [6.45, 7) is 20.7. The first-order chi connectivity index (χ1) is 20.7. The molecule has 0 unspecified atom stereocenters. The minimum absolute atomic E-state index is 0.00216. The zero-order chi connectivity index (χ0) is 34.0. The fourth-order valence-corrected chi connectivity index (χ4v) is 6.08. The van der Waals surface area contributed by atoms with Crippen LogP contribution in [-0.4, -0.2) is 117 Å². The maximum atomic E-state index is 12.3. The molecule has 0 aromatic carbocycles. The first-order valence-electron chi connectivity index (χ1n) is 15.7. The lowest BCUT2D eigenvalue weighted by Gasteiger charge is -2.42. The van der Waals surface area contributed by atoms with Gasteiger partial charge in [-0.15, -0.1) is 0 Å². The highest BCUT2D eigenvalue weighted by molar-refractivity contribution is 6.74. The van der Waals surface area contributed by atoms with Crippen LogP contribution in [0.3, 0.4) is 0 Å². The quantitative estimate of drug-likeness (QED) is 0.127. The van der Waals surface area contributed by atoms with Crippen molar-refractivity contribution in [2.75, 3.05) is 19.8 Å². The summed E-state index contributed by atoms with van der Waals surface area (Å²) in [5, 5.41) is 20.6. The van der Waals surface area contributed by atoms with Crippen LogP contribution in [0.4, 0.5) is 0 Å². The summed E-state index contributed by atoms with van der Waals surface area (Å²) in [6, 6.07) is 0. The molecule has 0 saturated carbocycles. The van der Waals surface area contributed by atoms with Gasteiger partial charge in [0.1, 0.15) is 43.2 Å². The third-order valence-electron chi connectivity index (χ3n) is 8.49. The molecule has 0 radical (unpaired) electrons. The van der Waals surface area contributed by atoms with E-state index < -0.39 is 93.6 Å². The highest BCUT2D eigenvalue weighted by atomic mass is 28.4. The normalized spacial score (nSPS) is 34.9. The van der Waals surface area contributed by atoms with E-state index in [1.54, 1.807) is 27.7 Å². The summed E-state index contributed by atoms with van der Waals surface area (Å²) < 4.78 is 48.0. The van der Waals surface area contributed by atoms with Gasteiger partial charge in [-0.2, -0.15) is 0 Å². The van der Waals surface area contributed by atoms with Gasteiger partial charge in [0.05, 0.1) is 13.2 Å². The van der Waals surface area contributed by atoms with Crippen molar-refractivity contribution in [3.63, 3.8) is 0 Å². The number of ether oxygens (including phenoxy) is 7. The van der Waals surface area contributed by atoms with E-state index in [2.05, 4.69) is 33.9 Å². The molecule has 3 aliphatic rings. The molecule has 3 aliphatic heterocycles. The second kappa shape index (κ2) is 14.9. The molecule has 0 amide bonds. The van der Waals surface area contributed by atoms with Crippen molar-refractivity contribution in [2.45, 2.75) is 160 Å². The van der Waals surface area contributed by atoms with Gasteiger partial charge in [0.2, 0.25) is 6.29 Å². The lowest BCUT2D eigenvalue weighted by atomic mass is 9.98. The van der Waals surface area contributed by atoms with Gasteiger partial charge < -0.3 is 47.8 Å². The van der Waals surface area contributed by atoms with Crippen LogP contribution < -0.4 is 0 Å². The van der Waals surface area contributed by atoms with Crippen LogP contribution in [0, 0.1) is 0 Å². The Morgan fingerprint density at radius 1 is 0.800 bits per heavy atom. The Balaban J connectivity index is 1.76. The average Bonchev–Trinajstić information content (AvgIpc) is 3.42. The van der Waals surface area contributed by atoms with Crippen molar-refractivity contribution < 1.29 is 67.2 Å².